The number of benzene rings is 7. The predicted octanol–water partition coefficient (Wildman–Crippen LogP) is 12.9. The molecule has 0 atom stereocenters. The first kappa shape index (κ1) is 27.4. The number of aromatic nitrogens is 3. The average Bonchev–Trinajstić information content (AvgIpc) is 3.88. The minimum Gasteiger partial charge on any atom is -0.452 e. The summed E-state index contributed by atoms with van der Waals surface area (Å²) in [5, 5.41) is 8.74. The Hall–Kier alpha value is -6.30. The molecule has 0 aliphatic heterocycles. The zero-order valence-corrected chi connectivity index (χ0v) is 29.1. The number of furan rings is 1. The van der Waals surface area contributed by atoms with E-state index in [-0.39, 0.29) is 5.41 Å². The zero-order valence-electron chi connectivity index (χ0n) is 28.3. The summed E-state index contributed by atoms with van der Waals surface area (Å²) in [6.07, 6.45) is 0. The summed E-state index contributed by atoms with van der Waals surface area (Å²) in [4.78, 5) is 11.0. The summed E-state index contributed by atoms with van der Waals surface area (Å²) in [7, 11) is 0. The van der Waals surface area contributed by atoms with Crippen LogP contribution < -0.4 is 0 Å². The van der Waals surface area contributed by atoms with Gasteiger partial charge in [0.05, 0.1) is 11.0 Å². The van der Waals surface area contributed by atoms with Crippen LogP contribution in [0, 0.1) is 0 Å². The molecular formula is C47H27N3OS. The van der Waals surface area contributed by atoms with Gasteiger partial charge in [-0.15, -0.1) is 11.3 Å². The first-order valence-corrected chi connectivity index (χ1v) is 18.7. The monoisotopic (exact) mass is 681 g/mol. The Labute approximate surface area is 301 Å². The molecule has 0 unspecified atom stereocenters. The van der Waals surface area contributed by atoms with E-state index in [4.69, 9.17) is 14.4 Å². The van der Waals surface area contributed by atoms with Gasteiger partial charge in [0.1, 0.15) is 16.8 Å². The van der Waals surface area contributed by atoms with Crippen molar-refractivity contribution in [2.24, 2.45) is 0 Å². The first-order valence-electron chi connectivity index (χ1n) is 17.8. The summed E-state index contributed by atoms with van der Waals surface area (Å²) < 4.78 is 11.6. The molecule has 0 amide bonds. The van der Waals surface area contributed by atoms with E-state index in [0.29, 0.717) is 5.95 Å². The molecule has 52 heavy (non-hydrogen) atoms. The van der Waals surface area contributed by atoms with Crippen molar-refractivity contribution in [3.63, 3.8) is 0 Å². The van der Waals surface area contributed by atoms with Crippen LogP contribution in [0.1, 0.15) is 25.0 Å². The molecule has 0 spiro atoms. The van der Waals surface area contributed by atoms with E-state index in [9.17, 15) is 0 Å². The molecule has 7 aromatic carbocycles. The second-order valence-corrected chi connectivity index (χ2v) is 15.9. The number of thiophene rings is 1. The molecule has 4 aromatic heterocycles. The van der Waals surface area contributed by atoms with Gasteiger partial charge in [0.25, 0.3) is 0 Å². The van der Waals surface area contributed by atoms with Crippen LogP contribution in [-0.4, -0.2) is 14.5 Å². The standard InChI is InChI=1S/C47H27N3OS/c1-47(2)31-17-5-3-11-25(31)28-15-8-16-30(42(28)47)44-45-43(29-12-4-6-18-34(29)51-45)48-46(49-44)50-32-21-20-24-10-7-13-26-27-14-9-19-35-38(27)41-36(52-35)23-22-33(50)40(41)39(32)37(24)26/h3-23H,1-2H3. The van der Waals surface area contributed by atoms with Crippen molar-refractivity contribution in [1.29, 1.82) is 0 Å². The molecule has 242 valence electrons. The van der Waals surface area contributed by atoms with Crippen molar-refractivity contribution in [2.75, 3.05) is 0 Å². The highest BCUT2D eigenvalue weighted by Crippen LogP contribution is 2.54. The lowest BCUT2D eigenvalue weighted by Crippen LogP contribution is -2.16. The van der Waals surface area contributed by atoms with E-state index in [1.807, 2.05) is 23.5 Å². The van der Waals surface area contributed by atoms with Crippen LogP contribution in [-0.2, 0) is 5.41 Å². The predicted molar refractivity (Wildman–Crippen MR) is 216 cm³/mol. The highest BCUT2D eigenvalue weighted by molar-refractivity contribution is 7.26. The highest BCUT2D eigenvalue weighted by atomic mass is 32.1. The normalized spacial score (nSPS) is 14.1. The van der Waals surface area contributed by atoms with Crippen molar-refractivity contribution < 1.29 is 4.42 Å². The molecule has 0 bridgehead atoms. The van der Waals surface area contributed by atoms with Gasteiger partial charge in [0.2, 0.25) is 5.95 Å². The smallest absolute Gasteiger partial charge is 0.236 e. The summed E-state index contributed by atoms with van der Waals surface area (Å²) in [5.41, 5.74) is 14.0. The molecule has 0 fully saturated rings. The van der Waals surface area contributed by atoms with Gasteiger partial charge in [-0.25, -0.2) is 9.97 Å². The first-order chi connectivity index (χ1) is 25.6. The average molecular weight is 682 g/mol. The maximum Gasteiger partial charge on any atom is 0.236 e. The molecule has 0 N–H and O–H groups in total. The van der Waals surface area contributed by atoms with Crippen LogP contribution in [0.2, 0.25) is 0 Å². The molecule has 0 saturated carbocycles. The molecule has 13 rings (SSSR count). The fraction of sp³-hybridized carbons (Fsp3) is 0.0638. The van der Waals surface area contributed by atoms with Crippen molar-refractivity contribution in [3.8, 4) is 39.5 Å². The lowest BCUT2D eigenvalue weighted by atomic mass is 9.79. The number of hydrogen-bond acceptors (Lipinski definition) is 4. The summed E-state index contributed by atoms with van der Waals surface area (Å²) in [6.45, 7) is 4.66. The fourth-order valence-electron chi connectivity index (χ4n) is 9.85. The molecule has 4 nitrogen and oxygen atoms in total. The molecule has 4 heterocycles. The minimum atomic E-state index is -0.228. The van der Waals surface area contributed by atoms with Crippen molar-refractivity contribution >= 4 is 86.2 Å². The number of rotatable bonds is 2. The summed E-state index contributed by atoms with van der Waals surface area (Å²) >= 11 is 1.88. The molecule has 5 heteroatoms. The highest BCUT2D eigenvalue weighted by Gasteiger charge is 2.38. The minimum absolute atomic E-state index is 0.228. The van der Waals surface area contributed by atoms with Crippen molar-refractivity contribution in [1.82, 2.24) is 14.5 Å². The Morgan fingerprint density at radius 2 is 1.25 bits per heavy atom. The maximum absolute atomic E-state index is 6.72. The third kappa shape index (κ3) is 3.12. The van der Waals surface area contributed by atoms with Gasteiger partial charge in [0, 0.05) is 47.3 Å². The Morgan fingerprint density at radius 1 is 0.558 bits per heavy atom. The lowest BCUT2D eigenvalue weighted by Gasteiger charge is -2.24. The molecule has 0 saturated heterocycles. The fourth-order valence-corrected chi connectivity index (χ4v) is 11.0. The Bertz CT molecular complexity index is 3450. The van der Waals surface area contributed by atoms with Crippen LogP contribution in [0.3, 0.4) is 0 Å². The van der Waals surface area contributed by atoms with Crippen LogP contribution in [0.25, 0.3) is 114 Å². The third-order valence-electron chi connectivity index (χ3n) is 11.9. The number of nitrogens with zero attached hydrogens (tertiary/aromatic N) is 3. The van der Waals surface area contributed by atoms with E-state index in [0.717, 1.165) is 44.4 Å². The van der Waals surface area contributed by atoms with Gasteiger partial charge in [0.15, 0.2) is 5.58 Å². The van der Waals surface area contributed by atoms with Crippen LogP contribution in [0.4, 0.5) is 0 Å². The van der Waals surface area contributed by atoms with Gasteiger partial charge < -0.3 is 4.42 Å². The van der Waals surface area contributed by atoms with Gasteiger partial charge in [-0.3, -0.25) is 4.57 Å². The topological polar surface area (TPSA) is 43.9 Å². The van der Waals surface area contributed by atoms with Crippen LogP contribution >= 0.6 is 11.3 Å². The molecule has 0 radical (unpaired) electrons. The number of hydrogen-bond donors (Lipinski definition) is 0. The van der Waals surface area contributed by atoms with Crippen molar-refractivity contribution in [3.05, 3.63) is 139 Å². The van der Waals surface area contributed by atoms with Crippen molar-refractivity contribution in [2.45, 2.75) is 19.3 Å². The lowest BCUT2D eigenvalue weighted by molar-refractivity contribution is 0.657. The summed E-state index contributed by atoms with van der Waals surface area (Å²) in [5.74, 6) is 0.650. The third-order valence-corrected chi connectivity index (χ3v) is 13.1. The number of fused-ring (bicyclic) bond motifs is 7. The molecule has 2 aliphatic rings. The zero-order chi connectivity index (χ0) is 34.0. The van der Waals surface area contributed by atoms with Gasteiger partial charge in [-0.05, 0) is 80.6 Å². The van der Waals surface area contributed by atoms with Gasteiger partial charge >= 0.3 is 0 Å². The van der Waals surface area contributed by atoms with Crippen LogP contribution in [0.15, 0.2) is 132 Å². The Kier molecular flexibility index (Phi) is 4.81. The second-order valence-electron chi connectivity index (χ2n) is 14.9. The van der Waals surface area contributed by atoms with E-state index >= 15 is 0 Å². The van der Waals surface area contributed by atoms with E-state index in [1.54, 1.807) is 0 Å². The Balaban J connectivity index is 1.22. The quantitative estimate of drug-likeness (QED) is 0.182. The summed E-state index contributed by atoms with van der Waals surface area (Å²) in [6, 6.07) is 46.3. The van der Waals surface area contributed by atoms with Gasteiger partial charge in [-0.2, -0.15) is 0 Å². The Morgan fingerprint density at radius 3 is 2.17 bits per heavy atom. The van der Waals surface area contributed by atoms with E-state index in [1.165, 1.54) is 75.1 Å². The van der Waals surface area contributed by atoms with Gasteiger partial charge in [-0.1, -0.05) is 105 Å². The van der Waals surface area contributed by atoms with E-state index < -0.39 is 0 Å². The largest absolute Gasteiger partial charge is 0.452 e. The number of para-hydroxylation sites is 1. The van der Waals surface area contributed by atoms with Crippen LogP contribution in [0.5, 0.6) is 0 Å². The maximum atomic E-state index is 6.72. The molecular weight excluding hydrogens is 655 g/mol. The second kappa shape index (κ2) is 9.13. The SMILES string of the molecule is CC1(C)c2ccccc2-c2cccc(-c3nc(-n4c5ccc6cccc7c6c5c5c6c(ccc54)sc4cccc-7c46)nc4c3oc3ccccc34)c21. The molecule has 11 aromatic rings. The molecule has 2 aliphatic carbocycles. The van der Waals surface area contributed by atoms with E-state index in [2.05, 4.69) is 134 Å².